The van der Waals surface area contributed by atoms with Crippen molar-refractivity contribution < 1.29 is 18.7 Å². The molecule has 29 heavy (non-hydrogen) atoms. The standard InChI is InChI=1S/C20H17Cl3N2O4/c1-27-16-9-17(28-2)15(8-14(16)23)25-19(26)5-6-20-24-10-18(29-20)12-4-3-11(21)7-13(12)22/h3-4,7-10H,5-6H2,1-2H3,(H,25,26). The first-order valence-corrected chi connectivity index (χ1v) is 9.66. The number of amides is 1. The fourth-order valence-electron chi connectivity index (χ4n) is 2.63. The van der Waals surface area contributed by atoms with Crippen molar-refractivity contribution in [3.05, 3.63) is 57.5 Å². The Morgan fingerprint density at radius 2 is 1.83 bits per heavy atom. The van der Waals surface area contributed by atoms with E-state index < -0.39 is 0 Å². The molecule has 0 saturated heterocycles. The number of oxazole rings is 1. The van der Waals surface area contributed by atoms with Crippen LogP contribution in [-0.2, 0) is 11.2 Å². The van der Waals surface area contributed by atoms with E-state index in [0.717, 1.165) is 0 Å². The Labute approximate surface area is 182 Å². The maximum Gasteiger partial charge on any atom is 0.224 e. The largest absolute Gasteiger partial charge is 0.495 e. The van der Waals surface area contributed by atoms with E-state index in [9.17, 15) is 4.79 Å². The third kappa shape index (κ3) is 5.15. The summed E-state index contributed by atoms with van der Waals surface area (Å²) in [5.41, 5.74) is 1.13. The van der Waals surface area contributed by atoms with Gasteiger partial charge < -0.3 is 19.2 Å². The highest BCUT2D eigenvalue weighted by molar-refractivity contribution is 6.36. The first kappa shape index (κ1) is 21.3. The maximum absolute atomic E-state index is 12.3. The fraction of sp³-hybridized carbons (Fsp3) is 0.200. The molecule has 2 aromatic carbocycles. The molecule has 6 nitrogen and oxygen atoms in total. The van der Waals surface area contributed by atoms with Crippen molar-refractivity contribution in [2.24, 2.45) is 0 Å². The van der Waals surface area contributed by atoms with Crippen LogP contribution >= 0.6 is 34.8 Å². The number of hydrogen-bond donors (Lipinski definition) is 1. The van der Waals surface area contributed by atoms with Gasteiger partial charge in [0.1, 0.15) is 11.5 Å². The summed E-state index contributed by atoms with van der Waals surface area (Å²) in [7, 11) is 3.00. The fourth-order valence-corrected chi connectivity index (χ4v) is 3.37. The van der Waals surface area contributed by atoms with Gasteiger partial charge in [-0.1, -0.05) is 34.8 Å². The highest BCUT2D eigenvalue weighted by Gasteiger charge is 2.15. The number of carbonyl (C=O) groups excluding carboxylic acids is 1. The van der Waals surface area contributed by atoms with Crippen LogP contribution in [0.1, 0.15) is 12.3 Å². The number of anilines is 1. The van der Waals surface area contributed by atoms with Gasteiger partial charge in [0.15, 0.2) is 11.7 Å². The molecule has 0 radical (unpaired) electrons. The van der Waals surface area contributed by atoms with Crippen molar-refractivity contribution in [3.8, 4) is 22.8 Å². The van der Waals surface area contributed by atoms with Crippen LogP contribution in [0.5, 0.6) is 11.5 Å². The lowest BCUT2D eigenvalue weighted by molar-refractivity contribution is -0.116. The summed E-state index contributed by atoms with van der Waals surface area (Å²) >= 11 is 18.2. The number of ether oxygens (including phenoxy) is 2. The molecule has 0 atom stereocenters. The van der Waals surface area contributed by atoms with E-state index in [1.165, 1.54) is 14.2 Å². The van der Waals surface area contributed by atoms with E-state index in [1.807, 2.05) is 0 Å². The molecule has 1 amide bonds. The molecule has 0 spiro atoms. The zero-order valence-electron chi connectivity index (χ0n) is 15.6. The van der Waals surface area contributed by atoms with Gasteiger partial charge in [0.2, 0.25) is 5.91 Å². The predicted octanol–water partition coefficient (Wildman–Crippen LogP) is 5.89. The third-order valence-electron chi connectivity index (χ3n) is 4.06. The number of carbonyl (C=O) groups is 1. The third-order valence-corrected chi connectivity index (χ3v) is 4.91. The summed E-state index contributed by atoms with van der Waals surface area (Å²) in [6, 6.07) is 8.27. The highest BCUT2D eigenvalue weighted by Crippen LogP contribution is 2.36. The molecule has 1 aromatic heterocycles. The van der Waals surface area contributed by atoms with E-state index >= 15 is 0 Å². The van der Waals surface area contributed by atoms with Gasteiger partial charge in [0.05, 0.1) is 36.1 Å². The lowest BCUT2D eigenvalue weighted by atomic mass is 10.2. The van der Waals surface area contributed by atoms with Gasteiger partial charge in [-0.15, -0.1) is 0 Å². The summed E-state index contributed by atoms with van der Waals surface area (Å²) in [5.74, 6) is 1.57. The quantitative estimate of drug-likeness (QED) is 0.481. The second-order valence-electron chi connectivity index (χ2n) is 5.98. The average Bonchev–Trinajstić information content (AvgIpc) is 3.15. The van der Waals surface area contributed by atoms with Gasteiger partial charge in [-0.3, -0.25) is 4.79 Å². The molecule has 9 heteroatoms. The summed E-state index contributed by atoms with van der Waals surface area (Å²) in [6.45, 7) is 0. The van der Waals surface area contributed by atoms with E-state index in [2.05, 4.69) is 10.3 Å². The van der Waals surface area contributed by atoms with Gasteiger partial charge >= 0.3 is 0 Å². The molecule has 0 saturated carbocycles. The molecule has 0 bridgehead atoms. The molecular weight excluding hydrogens is 439 g/mol. The van der Waals surface area contributed by atoms with Gasteiger partial charge in [-0.25, -0.2) is 4.98 Å². The Kier molecular flexibility index (Phi) is 6.90. The van der Waals surface area contributed by atoms with E-state index in [4.69, 9.17) is 48.7 Å². The molecule has 3 aromatic rings. The van der Waals surface area contributed by atoms with Gasteiger partial charge in [-0.2, -0.15) is 0 Å². The van der Waals surface area contributed by atoms with Crippen molar-refractivity contribution in [2.75, 3.05) is 19.5 Å². The van der Waals surface area contributed by atoms with Crippen LogP contribution in [0.15, 0.2) is 40.9 Å². The number of aromatic nitrogens is 1. The van der Waals surface area contributed by atoms with Crippen LogP contribution in [0.3, 0.4) is 0 Å². The molecule has 0 aliphatic heterocycles. The highest BCUT2D eigenvalue weighted by atomic mass is 35.5. The number of rotatable bonds is 7. The molecule has 152 valence electrons. The first-order chi connectivity index (χ1) is 13.9. The number of benzene rings is 2. The minimum absolute atomic E-state index is 0.154. The van der Waals surface area contributed by atoms with E-state index in [-0.39, 0.29) is 12.3 Å². The molecular formula is C20H17Cl3N2O4. The van der Waals surface area contributed by atoms with Crippen LogP contribution in [0.2, 0.25) is 15.1 Å². The normalized spacial score (nSPS) is 10.7. The van der Waals surface area contributed by atoms with Crippen molar-refractivity contribution in [1.29, 1.82) is 0 Å². The minimum atomic E-state index is -0.242. The molecule has 3 rings (SSSR count). The first-order valence-electron chi connectivity index (χ1n) is 8.52. The number of nitrogens with one attached hydrogen (secondary N) is 1. The zero-order chi connectivity index (χ0) is 21.0. The van der Waals surface area contributed by atoms with Crippen molar-refractivity contribution in [1.82, 2.24) is 4.98 Å². The van der Waals surface area contributed by atoms with Crippen LogP contribution in [0.25, 0.3) is 11.3 Å². The Balaban J connectivity index is 1.65. The lowest BCUT2D eigenvalue weighted by Gasteiger charge is -2.12. The second-order valence-corrected chi connectivity index (χ2v) is 7.23. The maximum atomic E-state index is 12.3. The Bertz CT molecular complexity index is 1040. The van der Waals surface area contributed by atoms with E-state index in [0.29, 0.717) is 55.9 Å². The van der Waals surface area contributed by atoms with E-state index in [1.54, 1.807) is 36.5 Å². The van der Waals surface area contributed by atoms with Crippen molar-refractivity contribution in [2.45, 2.75) is 12.8 Å². The molecule has 0 unspecified atom stereocenters. The van der Waals surface area contributed by atoms with Crippen molar-refractivity contribution in [3.63, 3.8) is 0 Å². The minimum Gasteiger partial charge on any atom is -0.495 e. The summed E-state index contributed by atoms with van der Waals surface area (Å²) in [6.07, 6.45) is 2.03. The SMILES string of the molecule is COc1cc(OC)c(NC(=O)CCc2ncc(-c3ccc(Cl)cc3Cl)o2)cc1Cl. The lowest BCUT2D eigenvalue weighted by Crippen LogP contribution is -2.13. The van der Waals surface area contributed by atoms with Gasteiger partial charge in [0.25, 0.3) is 0 Å². The Morgan fingerprint density at radius 3 is 2.52 bits per heavy atom. The van der Waals surface area contributed by atoms with Crippen LogP contribution in [0.4, 0.5) is 5.69 Å². The zero-order valence-corrected chi connectivity index (χ0v) is 17.9. The number of halogens is 3. The topological polar surface area (TPSA) is 73.6 Å². The number of methoxy groups -OCH3 is 2. The van der Waals surface area contributed by atoms with Gasteiger partial charge in [0, 0.05) is 29.5 Å². The van der Waals surface area contributed by atoms with Gasteiger partial charge in [-0.05, 0) is 24.3 Å². The van der Waals surface area contributed by atoms with Crippen LogP contribution in [0, 0.1) is 0 Å². The smallest absolute Gasteiger partial charge is 0.224 e. The molecule has 0 aliphatic rings. The number of aryl methyl sites for hydroxylation is 1. The second kappa shape index (κ2) is 9.39. The monoisotopic (exact) mass is 454 g/mol. The Morgan fingerprint density at radius 1 is 1.07 bits per heavy atom. The summed E-state index contributed by atoms with van der Waals surface area (Å²) in [5, 5.41) is 4.12. The molecule has 0 aliphatic carbocycles. The molecule has 0 fully saturated rings. The summed E-state index contributed by atoms with van der Waals surface area (Å²) in [4.78, 5) is 16.5. The predicted molar refractivity (Wildman–Crippen MR) is 113 cm³/mol. The molecule has 1 heterocycles. The number of hydrogen-bond acceptors (Lipinski definition) is 5. The van der Waals surface area contributed by atoms with Crippen LogP contribution < -0.4 is 14.8 Å². The molecule has 1 N–H and O–H groups in total. The summed E-state index contributed by atoms with van der Waals surface area (Å²) < 4.78 is 16.1. The number of nitrogens with zero attached hydrogens (tertiary/aromatic N) is 1. The van der Waals surface area contributed by atoms with Crippen LogP contribution in [-0.4, -0.2) is 25.1 Å². The van der Waals surface area contributed by atoms with Crippen molar-refractivity contribution >= 4 is 46.4 Å². The average molecular weight is 456 g/mol. The Hall–Kier alpha value is -2.41.